The SMILES string of the molecule is CC(C)OC(=O)NC(=S)NC(=O)OC(C)(C)C. The molecular weight excluding hydrogens is 244 g/mol. The molecule has 0 aromatic heterocycles. The second kappa shape index (κ2) is 6.39. The molecule has 0 spiro atoms. The average Bonchev–Trinajstić information content (AvgIpc) is 1.95. The smallest absolute Gasteiger partial charge is 0.413 e. The van der Waals surface area contributed by atoms with Crippen molar-refractivity contribution < 1.29 is 19.1 Å². The third kappa shape index (κ3) is 9.55. The first kappa shape index (κ1) is 15.6. The summed E-state index contributed by atoms with van der Waals surface area (Å²) in [6.07, 6.45) is -1.72. The van der Waals surface area contributed by atoms with Crippen molar-refractivity contribution in [2.24, 2.45) is 0 Å². The Morgan fingerprint density at radius 3 is 2.00 bits per heavy atom. The van der Waals surface area contributed by atoms with Crippen molar-refractivity contribution in [3.63, 3.8) is 0 Å². The summed E-state index contributed by atoms with van der Waals surface area (Å²) in [5.74, 6) is 0. The fraction of sp³-hybridized carbons (Fsp3) is 0.700. The van der Waals surface area contributed by atoms with Crippen LogP contribution in [-0.4, -0.2) is 29.0 Å². The Kier molecular flexibility index (Phi) is 5.87. The second-order valence-corrected chi connectivity index (χ2v) is 4.94. The molecule has 0 fully saturated rings. The maximum atomic E-state index is 11.3. The van der Waals surface area contributed by atoms with E-state index in [0.717, 1.165) is 0 Å². The molecule has 0 aliphatic heterocycles. The molecule has 6 nitrogen and oxygen atoms in total. The molecule has 0 atom stereocenters. The molecule has 17 heavy (non-hydrogen) atoms. The topological polar surface area (TPSA) is 76.7 Å². The van der Waals surface area contributed by atoms with Crippen LogP contribution < -0.4 is 10.6 Å². The molecule has 0 bridgehead atoms. The zero-order valence-electron chi connectivity index (χ0n) is 10.6. The van der Waals surface area contributed by atoms with Crippen LogP contribution in [0.3, 0.4) is 0 Å². The molecule has 0 unspecified atom stereocenters. The number of carbonyl (C=O) groups excluding carboxylic acids is 2. The second-order valence-electron chi connectivity index (χ2n) is 4.54. The van der Waals surface area contributed by atoms with Gasteiger partial charge in [-0.3, -0.25) is 10.6 Å². The lowest BCUT2D eigenvalue weighted by atomic mass is 10.2. The van der Waals surface area contributed by atoms with Gasteiger partial charge in [0, 0.05) is 0 Å². The molecule has 0 heterocycles. The van der Waals surface area contributed by atoms with Crippen molar-refractivity contribution in [2.45, 2.75) is 46.3 Å². The van der Waals surface area contributed by atoms with Gasteiger partial charge in [-0.25, -0.2) is 9.59 Å². The van der Waals surface area contributed by atoms with E-state index in [1.54, 1.807) is 34.6 Å². The Morgan fingerprint density at radius 2 is 1.59 bits per heavy atom. The maximum absolute atomic E-state index is 11.3. The van der Waals surface area contributed by atoms with Crippen LogP contribution in [0, 0.1) is 0 Å². The fourth-order valence-corrected chi connectivity index (χ4v) is 0.930. The lowest BCUT2D eigenvalue weighted by Gasteiger charge is -2.19. The molecule has 0 saturated heterocycles. The van der Waals surface area contributed by atoms with Gasteiger partial charge in [0.15, 0.2) is 5.11 Å². The van der Waals surface area contributed by atoms with Crippen LogP contribution in [0.5, 0.6) is 0 Å². The summed E-state index contributed by atoms with van der Waals surface area (Å²) < 4.78 is 9.72. The van der Waals surface area contributed by atoms with Crippen molar-refractivity contribution in [2.75, 3.05) is 0 Å². The van der Waals surface area contributed by atoms with Gasteiger partial charge >= 0.3 is 12.2 Å². The van der Waals surface area contributed by atoms with Crippen molar-refractivity contribution in [1.82, 2.24) is 10.6 Å². The number of ether oxygens (including phenoxy) is 2. The third-order valence-electron chi connectivity index (χ3n) is 1.17. The largest absolute Gasteiger partial charge is 0.447 e. The van der Waals surface area contributed by atoms with Gasteiger partial charge < -0.3 is 9.47 Å². The van der Waals surface area contributed by atoms with Crippen LogP contribution in [0.1, 0.15) is 34.6 Å². The van der Waals surface area contributed by atoms with Crippen molar-refractivity contribution >= 4 is 29.5 Å². The van der Waals surface area contributed by atoms with Gasteiger partial charge in [-0.15, -0.1) is 0 Å². The van der Waals surface area contributed by atoms with E-state index >= 15 is 0 Å². The van der Waals surface area contributed by atoms with Gasteiger partial charge in [-0.1, -0.05) is 0 Å². The lowest BCUT2D eigenvalue weighted by Crippen LogP contribution is -2.44. The van der Waals surface area contributed by atoms with Crippen molar-refractivity contribution in [3.8, 4) is 0 Å². The molecule has 0 aliphatic rings. The molecule has 0 radical (unpaired) electrons. The van der Waals surface area contributed by atoms with E-state index < -0.39 is 17.8 Å². The number of carbonyl (C=O) groups is 2. The first-order chi connectivity index (χ1) is 7.60. The van der Waals surface area contributed by atoms with E-state index in [0.29, 0.717) is 0 Å². The predicted octanol–water partition coefficient (Wildman–Crippen LogP) is 1.93. The van der Waals surface area contributed by atoms with Gasteiger partial charge in [0.25, 0.3) is 0 Å². The molecular formula is C10H18N2O4S. The fourth-order valence-electron chi connectivity index (χ4n) is 0.764. The Morgan fingerprint density at radius 1 is 1.12 bits per heavy atom. The molecule has 0 aromatic rings. The summed E-state index contributed by atoms with van der Waals surface area (Å²) in [6.45, 7) is 8.55. The van der Waals surface area contributed by atoms with E-state index in [9.17, 15) is 9.59 Å². The standard InChI is InChI=1S/C10H18N2O4S/c1-6(2)15-8(13)11-7(17)12-9(14)16-10(3,4)5/h6H,1-5H3,(H2,11,12,13,14,17). The van der Waals surface area contributed by atoms with Gasteiger partial charge in [-0.05, 0) is 46.8 Å². The first-order valence-corrected chi connectivity index (χ1v) is 5.52. The normalized spacial score (nSPS) is 10.7. The molecule has 0 aliphatic carbocycles. The highest BCUT2D eigenvalue weighted by atomic mass is 32.1. The molecule has 98 valence electrons. The van der Waals surface area contributed by atoms with E-state index in [-0.39, 0.29) is 11.2 Å². The molecule has 0 aromatic carbocycles. The molecule has 2 N–H and O–H groups in total. The number of hydrogen-bond acceptors (Lipinski definition) is 5. The highest BCUT2D eigenvalue weighted by Crippen LogP contribution is 2.06. The van der Waals surface area contributed by atoms with Crippen LogP contribution in [0.2, 0.25) is 0 Å². The monoisotopic (exact) mass is 262 g/mol. The number of hydrogen-bond donors (Lipinski definition) is 2. The zero-order valence-corrected chi connectivity index (χ0v) is 11.4. The molecule has 0 saturated carbocycles. The van der Waals surface area contributed by atoms with E-state index in [4.69, 9.17) is 21.7 Å². The van der Waals surface area contributed by atoms with E-state index in [1.807, 2.05) is 0 Å². The summed E-state index contributed by atoms with van der Waals surface area (Å²) in [4.78, 5) is 22.4. The highest BCUT2D eigenvalue weighted by Gasteiger charge is 2.17. The van der Waals surface area contributed by atoms with Gasteiger partial charge in [-0.2, -0.15) is 0 Å². The zero-order chi connectivity index (χ0) is 13.6. The molecule has 7 heteroatoms. The quantitative estimate of drug-likeness (QED) is 0.706. The van der Waals surface area contributed by atoms with Crippen molar-refractivity contribution in [3.05, 3.63) is 0 Å². The minimum atomic E-state index is -0.729. The van der Waals surface area contributed by atoms with Crippen LogP contribution in [0.15, 0.2) is 0 Å². The third-order valence-corrected chi connectivity index (χ3v) is 1.38. The lowest BCUT2D eigenvalue weighted by molar-refractivity contribution is 0.0563. The van der Waals surface area contributed by atoms with Crippen LogP contribution in [0.4, 0.5) is 9.59 Å². The Hall–Kier alpha value is -1.37. The van der Waals surface area contributed by atoms with E-state index in [2.05, 4.69) is 10.6 Å². The highest BCUT2D eigenvalue weighted by molar-refractivity contribution is 7.80. The summed E-state index contributed by atoms with van der Waals surface area (Å²) in [5, 5.41) is 4.22. The predicted molar refractivity (Wildman–Crippen MR) is 66.7 cm³/mol. The van der Waals surface area contributed by atoms with Gasteiger partial charge in [0.05, 0.1) is 6.10 Å². The van der Waals surface area contributed by atoms with Crippen LogP contribution >= 0.6 is 12.2 Å². The van der Waals surface area contributed by atoms with Crippen molar-refractivity contribution in [1.29, 1.82) is 0 Å². The first-order valence-electron chi connectivity index (χ1n) is 5.12. The average molecular weight is 262 g/mol. The Balaban J connectivity index is 4.02. The maximum Gasteiger partial charge on any atom is 0.413 e. The summed E-state index contributed by atoms with van der Waals surface area (Å²) in [5.41, 5.74) is -0.627. The summed E-state index contributed by atoms with van der Waals surface area (Å²) >= 11 is 4.72. The van der Waals surface area contributed by atoms with E-state index in [1.165, 1.54) is 0 Å². The minimum Gasteiger partial charge on any atom is -0.447 e. The number of alkyl carbamates (subject to hydrolysis) is 2. The molecule has 0 rings (SSSR count). The number of nitrogens with one attached hydrogen (secondary N) is 2. The number of rotatable bonds is 1. The van der Waals surface area contributed by atoms with Gasteiger partial charge in [0.2, 0.25) is 0 Å². The number of amides is 2. The van der Waals surface area contributed by atoms with Crippen LogP contribution in [-0.2, 0) is 9.47 Å². The summed E-state index contributed by atoms with van der Waals surface area (Å²) in [6, 6.07) is 0. The summed E-state index contributed by atoms with van der Waals surface area (Å²) in [7, 11) is 0. The number of thiocarbonyl (C=S) groups is 1. The van der Waals surface area contributed by atoms with Crippen LogP contribution in [0.25, 0.3) is 0 Å². The Bertz CT molecular complexity index is 310. The minimum absolute atomic E-state index is 0.162. The Labute approximate surface area is 106 Å². The van der Waals surface area contributed by atoms with Gasteiger partial charge in [0.1, 0.15) is 5.60 Å². The molecule has 2 amide bonds.